The van der Waals surface area contributed by atoms with Crippen LogP contribution in [0.5, 0.6) is 0 Å². The van der Waals surface area contributed by atoms with Crippen LogP contribution in [0.4, 0.5) is 8.78 Å². The average Bonchev–Trinajstić information content (AvgIpc) is 2.17. The number of benzene rings is 1. The molecule has 0 saturated heterocycles. The Bertz CT molecular complexity index is 345. The lowest BCUT2D eigenvalue weighted by atomic mass is 9.99. The van der Waals surface area contributed by atoms with Crippen LogP contribution in [0.2, 0.25) is 0 Å². The van der Waals surface area contributed by atoms with Gasteiger partial charge in [-0.2, -0.15) is 0 Å². The highest BCUT2D eigenvalue weighted by Crippen LogP contribution is 2.16. The molecule has 1 unspecified atom stereocenters. The number of rotatable bonds is 4. The first-order valence-electron chi connectivity index (χ1n) is 4.73. The maximum atomic E-state index is 13.2. The topological polar surface area (TPSA) is 43.1 Å². The number of Topliss-reactive ketones (excluding diaryl/α,β-unsaturated/α-hetero) is 1. The number of nitrogens with two attached hydrogens (primary N) is 1. The molecule has 1 aromatic rings. The number of carbonyl (C=O) groups excluding carboxylic acids is 1. The van der Waals surface area contributed by atoms with Crippen LogP contribution in [0.1, 0.15) is 23.7 Å². The van der Waals surface area contributed by atoms with Gasteiger partial charge in [0.15, 0.2) is 5.78 Å². The fourth-order valence-corrected chi connectivity index (χ4v) is 1.27. The maximum absolute atomic E-state index is 13.2. The van der Waals surface area contributed by atoms with E-state index in [1.54, 1.807) is 6.92 Å². The van der Waals surface area contributed by atoms with Crippen LogP contribution in [-0.4, -0.2) is 12.3 Å². The highest BCUT2D eigenvalue weighted by Gasteiger charge is 2.18. The van der Waals surface area contributed by atoms with E-state index < -0.39 is 23.0 Å². The second-order valence-electron chi connectivity index (χ2n) is 3.56. The van der Waals surface area contributed by atoms with E-state index in [0.29, 0.717) is 6.54 Å². The second kappa shape index (κ2) is 4.98. The summed E-state index contributed by atoms with van der Waals surface area (Å²) in [5.41, 5.74) is 4.87. The molecule has 0 aromatic heterocycles. The minimum atomic E-state index is -0.816. The van der Waals surface area contributed by atoms with Crippen molar-refractivity contribution in [1.29, 1.82) is 0 Å². The summed E-state index contributed by atoms with van der Waals surface area (Å²) in [4.78, 5) is 11.5. The van der Waals surface area contributed by atoms with Gasteiger partial charge in [-0.15, -0.1) is 0 Å². The summed E-state index contributed by atoms with van der Waals surface area (Å²) >= 11 is 0. The van der Waals surface area contributed by atoms with Gasteiger partial charge in [-0.3, -0.25) is 4.79 Å². The van der Waals surface area contributed by atoms with Crippen LogP contribution < -0.4 is 5.73 Å². The smallest absolute Gasteiger partial charge is 0.169 e. The van der Waals surface area contributed by atoms with Gasteiger partial charge >= 0.3 is 0 Å². The number of hydrogen-bond donors (Lipinski definition) is 1. The van der Waals surface area contributed by atoms with Crippen molar-refractivity contribution in [2.24, 2.45) is 11.7 Å². The van der Waals surface area contributed by atoms with Crippen molar-refractivity contribution in [3.05, 3.63) is 35.4 Å². The van der Waals surface area contributed by atoms with Crippen LogP contribution >= 0.6 is 0 Å². The Kier molecular flexibility index (Phi) is 3.91. The van der Waals surface area contributed by atoms with Crippen LogP contribution in [-0.2, 0) is 0 Å². The van der Waals surface area contributed by atoms with Gasteiger partial charge in [0.25, 0.3) is 0 Å². The Morgan fingerprint density at radius 1 is 1.40 bits per heavy atom. The second-order valence-corrected chi connectivity index (χ2v) is 3.56. The minimum Gasteiger partial charge on any atom is -0.330 e. The van der Waals surface area contributed by atoms with E-state index in [-0.39, 0.29) is 12.3 Å². The molecule has 15 heavy (non-hydrogen) atoms. The van der Waals surface area contributed by atoms with Crippen molar-refractivity contribution in [1.82, 2.24) is 0 Å². The van der Waals surface area contributed by atoms with Crippen LogP contribution in [0.3, 0.4) is 0 Å². The molecule has 2 nitrogen and oxygen atoms in total. The molecule has 1 aromatic carbocycles. The van der Waals surface area contributed by atoms with Gasteiger partial charge in [0.05, 0.1) is 5.56 Å². The third kappa shape index (κ3) is 2.83. The van der Waals surface area contributed by atoms with Gasteiger partial charge in [0.1, 0.15) is 11.6 Å². The summed E-state index contributed by atoms with van der Waals surface area (Å²) in [5.74, 6) is -2.24. The summed E-state index contributed by atoms with van der Waals surface area (Å²) in [6.07, 6.45) is 0.0638. The lowest BCUT2D eigenvalue weighted by Gasteiger charge is -2.08. The van der Waals surface area contributed by atoms with E-state index in [2.05, 4.69) is 0 Å². The zero-order valence-electron chi connectivity index (χ0n) is 8.47. The molecule has 0 aliphatic carbocycles. The number of carbonyl (C=O) groups is 1. The first-order chi connectivity index (χ1) is 7.06. The highest BCUT2D eigenvalue weighted by molar-refractivity contribution is 5.96. The number of halogens is 2. The molecule has 0 amide bonds. The molecule has 0 heterocycles. The molecule has 0 bridgehead atoms. The summed E-state index contributed by atoms with van der Waals surface area (Å²) in [7, 11) is 0. The fourth-order valence-electron chi connectivity index (χ4n) is 1.27. The molecule has 4 heteroatoms. The quantitative estimate of drug-likeness (QED) is 0.778. The van der Waals surface area contributed by atoms with E-state index in [0.717, 1.165) is 12.1 Å². The third-order valence-electron chi connectivity index (χ3n) is 2.18. The number of hydrogen-bond acceptors (Lipinski definition) is 2. The Morgan fingerprint density at radius 3 is 2.40 bits per heavy atom. The van der Waals surface area contributed by atoms with E-state index >= 15 is 0 Å². The van der Waals surface area contributed by atoms with Crippen LogP contribution in [0, 0.1) is 17.6 Å². The molecule has 1 atom stereocenters. The first-order valence-corrected chi connectivity index (χ1v) is 4.73. The Hall–Kier alpha value is -1.29. The molecule has 0 aliphatic heterocycles. The summed E-state index contributed by atoms with van der Waals surface area (Å²) in [6, 6.07) is 3.38. The summed E-state index contributed by atoms with van der Waals surface area (Å²) in [6.45, 7) is 2.08. The summed E-state index contributed by atoms with van der Waals surface area (Å²) in [5, 5.41) is 0. The molecule has 0 aliphatic rings. The third-order valence-corrected chi connectivity index (χ3v) is 2.18. The molecule has 1 rings (SSSR count). The van der Waals surface area contributed by atoms with Gasteiger partial charge in [0.2, 0.25) is 0 Å². The van der Waals surface area contributed by atoms with Crippen LogP contribution in [0.25, 0.3) is 0 Å². The highest BCUT2D eigenvalue weighted by atomic mass is 19.1. The number of ketones is 1. The zero-order valence-corrected chi connectivity index (χ0v) is 8.47. The van der Waals surface area contributed by atoms with E-state index in [1.165, 1.54) is 6.07 Å². The maximum Gasteiger partial charge on any atom is 0.169 e. The minimum absolute atomic E-state index is 0.0638. The Balaban J connectivity index is 2.91. The molecule has 0 spiro atoms. The average molecular weight is 213 g/mol. The molecule has 82 valence electrons. The van der Waals surface area contributed by atoms with Crippen molar-refractivity contribution < 1.29 is 13.6 Å². The van der Waals surface area contributed by atoms with Crippen LogP contribution in [0.15, 0.2) is 18.2 Å². The van der Waals surface area contributed by atoms with Gasteiger partial charge in [0, 0.05) is 6.42 Å². The largest absolute Gasteiger partial charge is 0.330 e. The molecular formula is C11H13F2NO. The molecule has 0 radical (unpaired) electrons. The zero-order chi connectivity index (χ0) is 11.4. The molecular weight excluding hydrogens is 200 g/mol. The Labute approximate surface area is 87.1 Å². The van der Waals surface area contributed by atoms with Gasteiger partial charge < -0.3 is 5.73 Å². The Morgan fingerprint density at radius 2 is 1.93 bits per heavy atom. The predicted molar refractivity (Wildman–Crippen MR) is 53.5 cm³/mol. The summed E-state index contributed by atoms with van der Waals surface area (Å²) < 4.78 is 26.3. The fraction of sp³-hybridized carbons (Fsp3) is 0.364. The SMILES string of the molecule is CC(CN)CC(=O)c1c(F)cccc1F. The van der Waals surface area contributed by atoms with Crippen molar-refractivity contribution >= 4 is 5.78 Å². The lowest BCUT2D eigenvalue weighted by Crippen LogP contribution is -2.16. The van der Waals surface area contributed by atoms with Crippen molar-refractivity contribution in [2.45, 2.75) is 13.3 Å². The standard InChI is InChI=1S/C11H13F2NO/c1-7(6-14)5-10(15)11-8(12)3-2-4-9(11)13/h2-4,7H,5-6,14H2,1H3. The molecule has 2 N–H and O–H groups in total. The molecule has 0 fully saturated rings. The van der Waals surface area contributed by atoms with E-state index in [9.17, 15) is 13.6 Å². The first kappa shape index (κ1) is 11.8. The predicted octanol–water partition coefficient (Wildman–Crippen LogP) is 2.13. The van der Waals surface area contributed by atoms with E-state index in [1.807, 2.05) is 0 Å². The van der Waals surface area contributed by atoms with Gasteiger partial charge in [-0.1, -0.05) is 13.0 Å². The van der Waals surface area contributed by atoms with Gasteiger partial charge in [-0.05, 0) is 24.6 Å². The molecule has 0 saturated carbocycles. The monoisotopic (exact) mass is 213 g/mol. The van der Waals surface area contributed by atoms with Crippen molar-refractivity contribution in [3.63, 3.8) is 0 Å². The van der Waals surface area contributed by atoms with Crippen molar-refractivity contribution in [3.8, 4) is 0 Å². The normalized spacial score (nSPS) is 12.5. The van der Waals surface area contributed by atoms with E-state index in [4.69, 9.17) is 5.73 Å². The lowest BCUT2D eigenvalue weighted by molar-refractivity contribution is 0.0957. The van der Waals surface area contributed by atoms with Crippen molar-refractivity contribution in [2.75, 3.05) is 6.54 Å². The van der Waals surface area contributed by atoms with Gasteiger partial charge in [-0.25, -0.2) is 8.78 Å².